The van der Waals surface area contributed by atoms with Crippen molar-refractivity contribution in [1.29, 1.82) is 0 Å². The van der Waals surface area contributed by atoms with Crippen molar-refractivity contribution < 1.29 is 4.79 Å². The lowest BCUT2D eigenvalue weighted by molar-refractivity contribution is -0.116. The van der Waals surface area contributed by atoms with Gasteiger partial charge in [-0.15, -0.1) is 23.5 Å². The fourth-order valence-electron chi connectivity index (χ4n) is 3.10. The van der Waals surface area contributed by atoms with E-state index in [1.165, 1.54) is 10.5 Å². The third-order valence-electron chi connectivity index (χ3n) is 5.03. The van der Waals surface area contributed by atoms with E-state index in [1.54, 1.807) is 34.9 Å². The van der Waals surface area contributed by atoms with Gasteiger partial charge in [-0.3, -0.25) is 9.69 Å². The van der Waals surface area contributed by atoms with Gasteiger partial charge in [0.05, 0.1) is 16.0 Å². The largest absolute Gasteiger partial charge is 0.302 e. The number of carbonyl (C=O) groups excluding carboxylic acids is 1. The zero-order chi connectivity index (χ0) is 21.5. The number of carbonyl (C=O) groups is 1. The van der Waals surface area contributed by atoms with Gasteiger partial charge in [0.2, 0.25) is 5.91 Å². The molecule has 3 aromatic rings. The van der Waals surface area contributed by atoms with Crippen molar-refractivity contribution in [2.24, 2.45) is 0 Å². The van der Waals surface area contributed by atoms with Crippen LogP contribution in [0, 0.1) is 6.92 Å². The Morgan fingerprint density at radius 2 is 1.73 bits per heavy atom. The number of rotatable bonds is 10. The first-order valence-corrected chi connectivity index (χ1v) is 13.2. The predicted molar refractivity (Wildman–Crippen MR) is 133 cm³/mol. The van der Waals surface area contributed by atoms with Crippen molar-refractivity contribution >= 4 is 56.1 Å². The van der Waals surface area contributed by atoms with Gasteiger partial charge >= 0.3 is 0 Å². The molecule has 0 aliphatic rings. The minimum absolute atomic E-state index is 0.108. The average Bonchev–Trinajstić information content (AvgIpc) is 3.19. The highest BCUT2D eigenvalue weighted by atomic mass is 32.2. The molecule has 0 fully saturated rings. The molecule has 0 aliphatic heterocycles. The Kier molecular flexibility index (Phi) is 8.62. The predicted octanol–water partition coefficient (Wildman–Crippen LogP) is 5.79. The van der Waals surface area contributed by atoms with Crippen LogP contribution >= 0.6 is 34.9 Å². The number of fused-ring (bicyclic) bond motifs is 1. The molecule has 0 saturated carbocycles. The molecule has 160 valence electrons. The second kappa shape index (κ2) is 11.2. The lowest BCUT2D eigenvalue weighted by Crippen LogP contribution is -2.39. The van der Waals surface area contributed by atoms with Gasteiger partial charge in [-0.05, 0) is 56.6 Å². The van der Waals surface area contributed by atoms with Gasteiger partial charge in [-0.25, -0.2) is 4.98 Å². The van der Waals surface area contributed by atoms with Crippen LogP contribution in [-0.2, 0) is 4.79 Å². The summed E-state index contributed by atoms with van der Waals surface area (Å²) in [7, 11) is 0. The molecule has 0 bridgehead atoms. The van der Waals surface area contributed by atoms with Crippen LogP contribution < -0.4 is 4.90 Å². The van der Waals surface area contributed by atoms with E-state index >= 15 is 0 Å². The highest BCUT2D eigenvalue weighted by molar-refractivity contribution is 8.00. The Hall–Kier alpha value is -1.54. The maximum Gasteiger partial charge on any atom is 0.239 e. The van der Waals surface area contributed by atoms with Gasteiger partial charge in [0.1, 0.15) is 0 Å². The highest BCUT2D eigenvalue weighted by Gasteiger charge is 2.20. The van der Waals surface area contributed by atoms with Crippen LogP contribution in [0.2, 0.25) is 0 Å². The highest BCUT2D eigenvalue weighted by Crippen LogP contribution is 2.32. The number of nitrogens with zero attached hydrogens (tertiary/aromatic N) is 3. The van der Waals surface area contributed by atoms with Crippen molar-refractivity contribution in [3.63, 3.8) is 0 Å². The van der Waals surface area contributed by atoms with Crippen molar-refractivity contribution in [3.05, 3.63) is 48.0 Å². The molecule has 1 amide bonds. The quantitative estimate of drug-likeness (QED) is 0.359. The molecule has 0 radical (unpaired) electrons. The SMILES string of the molecule is CCN(CC)CCN(C(=O)CSc1ccc(C)cc1)c1nc2ccc(SC)cc2s1. The summed E-state index contributed by atoms with van der Waals surface area (Å²) >= 11 is 4.92. The van der Waals surface area contributed by atoms with Crippen LogP contribution in [0.25, 0.3) is 10.2 Å². The lowest BCUT2D eigenvalue weighted by Gasteiger charge is -2.24. The number of thiazole rings is 1. The van der Waals surface area contributed by atoms with E-state index in [-0.39, 0.29) is 5.91 Å². The molecule has 0 atom stereocenters. The van der Waals surface area contributed by atoms with Crippen molar-refractivity contribution in [2.45, 2.75) is 30.6 Å². The van der Waals surface area contributed by atoms with Crippen molar-refractivity contribution in [2.75, 3.05) is 43.1 Å². The van der Waals surface area contributed by atoms with Crippen molar-refractivity contribution in [3.8, 4) is 0 Å². The summed E-state index contributed by atoms with van der Waals surface area (Å²) in [6, 6.07) is 14.6. The molecule has 0 saturated heterocycles. The fourth-order valence-corrected chi connectivity index (χ4v) is 5.44. The number of hydrogen-bond acceptors (Lipinski definition) is 6. The molecule has 1 aromatic heterocycles. The third-order valence-corrected chi connectivity index (χ3v) is 7.80. The number of hydrogen-bond donors (Lipinski definition) is 0. The molecule has 0 unspecified atom stereocenters. The summed E-state index contributed by atoms with van der Waals surface area (Å²) in [5.74, 6) is 0.518. The Labute approximate surface area is 192 Å². The fraction of sp³-hybridized carbons (Fsp3) is 0.391. The number of benzene rings is 2. The van der Waals surface area contributed by atoms with Crippen LogP contribution in [0.15, 0.2) is 52.3 Å². The lowest BCUT2D eigenvalue weighted by atomic mass is 10.2. The maximum atomic E-state index is 13.2. The van der Waals surface area contributed by atoms with E-state index in [0.717, 1.165) is 39.9 Å². The van der Waals surface area contributed by atoms with E-state index in [0.29, 0.717) is 12.3 Å². The van der Waals surface area contributed by atoms with Gasteiger partial charge in [0.15, 0.2) is 5.13 Å². The number of anilines is 1. The van der Waals surface area contributed by atoms with Gasteiger partial charge in [0.25, 0.3) is 0 Å². The normalized spacial score (nSPS) is 11.4. The molecule has 0 N–H and O–H groups in total. The molecule has 4 nitrogen and oxygen atoms in total. The molecule has 7 heteroatoms. The zero-order valence-electron chi connectivity index (χ0n) is 18.1. The first-order chi connectivity index (χ1) is 14.5. The maximum absolute atomic E-state index is 13.2. The average molecular weight is 460 g/mol. The van der Waals surface area contributed by atoms with Gasteiger partial charge in [-0.2, -0.15) is 0 Å². The molecule has 3 rings (SSSR count). The van der Waals surface area contributed by atoms with E-state index in [2.05, 4.69) is 74.4 Å². The Morgan fingerprint density at radius 1 is 1.03 bits per heavy atom. The number of thioether (sulfide) groups is 2. The molecular formula is C23H29N3OS3. The summed E-state index contributed by atoms with van der Waals surface area (Å²) in [6.07, 6.45) is 2.07. The summed E-state index contributed by atoms with van der Waals surface area (Å²) < 4.78 is 1.13. The van der Waals surface area contributed by atoms with E-state index in [4.69, 9.17) is 4.98 Å². The molecule has 30 heavy (non-hydrogen) atoms. The zero-order valence-corrected chi connectivity index (χ0v) is 20.5. The topological polar surface area (TPSA) is 36.4 Å². The summed E-state index contributed by atoms with van der Waals surface area (Å²) in [4.78, 5) is 24.6. The summed E-state index contributed by atoms with van der Waals surface area (Å²) in [6.45, 7) is 9.85. The van der Waals surface area contributed by atoms with E-state index < -0.39 is 0 Å². The van der Waals surface area contributed by atoms with Gasteiger partial charge in [0, 0.05) is 22.9 Å². The Morgan fingerprint density at radius 3 is 2.40 bits per heavy atom. The Balaban J connectivity index is 1.79. The van der Waals surface area contributed by atoms with Gasteiger partial charge < -0.3 is 4.90 Å². The third kappa shape index (κ3) is 6.00. The number of likely N-dealkylation sites (N-methyl/N-ethyl adjacent to an activating group) is 1. The second-order valence-electron chi connectivity index (χ2n) is 7.00. The molecule has 0 spiro atoms. The van der Waals surface area contributed by atoms with Crippen LogP contribution in [0.1, 0.15) is 19.4 Å². The Bertz CT molecular complexity index is 967. The second-order valence-corrected chi connectivity index (χ2v) is 9.94. The molecule has 1 heterocycles. The first-order valence-electron chi connectivity index (χ1n) is 10.2. The standard InChI is InChI=1S/C23H29N3OS3/c1-5-25(6-2)13-14-26(22(27)16-29-18-9-7-17(3)8-10-18)23-24-20-12-11-19(28-4)15-21(20)30-23/h7-12,15H,5-6,13-14,16H2,1-4H3. The van der Waals surface area contributed by atoms with Gasteiger partial charge in [-0.1, -0.05) is 42.9 Å². The molecule has 0 aliphatic carbocycles. The summed E-state index contributed by atoms with van der Waals surface area (Å²) in [5.41, 5.74) is 2.19. The smallest absolute Gasteiger partial charge is 0.239 e. The first kappa shape index (κ1) is 23.1. The van der Waals surface area contributed by atoms with E-state index in [1.807, 2.05) is 4.90 Å². The number of aromatic nitrogens is 1. The minimum Gasteiger partial charge on any atom is -0.302 e. The number of aryl methyl sites for hydroxylation is 1. The van der Waals surface area contributed by atoms with Crippen LogP contribution in [0.3, 0.4) is 0 Å². The van der Waals surface area contributed by atoms with Crippen LogP contribution in [-0.4, -0.2) is 54.0 Å². The molecule has 2 aromatic carbocycles. The van der Waals surface area contributed by atoms with E-state index in [9.17, 15) is 4.79 Å². The number of amides is 1. The monoisotopic (exact) mass is 459 g/mol. The van der Waals surface area contributed by atoms with Crippen LogP contribution in [0.4, 0.5) is 5.13 Å². The van der Waals surface area contributed by atoms with Crippen molar-refractivity contribution in [1.82, 2.24) is 9.88 Å². The van der Waals surface area contributed by atoms with Crippen LogP contribution in [0.5, 0.6) is 0 Å². The minimum atomic E-state index is 0.108. The molecular weight excluding hydrogens is 430 g/mol. The summed E-state index contributed by atoms with van der Waals surface area (Å²) in [5, 5.41) is 0.796.